The summed E-state index contributed by atoms with van der Waals surface area (Å²) < 4.78 is 6.69. The molecule has 39 heavy (non-hydrogen) atoms. The number of thiophene rings is 1. The van der Waals surface area contributed by atoms with Gasteiger partial charge in [0.15, 0.2) is 5.78 Å². The summed E-state index contributed by atoms with van der Waals surface area (Å²) in [4.78, 5) is 27.9. The fourth-order valence-electron chi connectivity index (χ4n) is 5.99. The molecule has 0 bridgehead atoms. The number of aryl methyl sites for hydroxylation is 1. The number of hydrogen-bond acceptors (Lipinski definition) is 8. The number of carbonyl (C=O) groups is 2. The summed E-state index contributed by atoms with van der Waals surface area (Å²) in [5.41, 5.74) is 27.6. The molecule has 3 aromatic carbocycles. The Hall–Kier alpha value is -3.76. The normalized spacial score (nSPS) is 24.2. The summed E-state index contributed by atoms with van der Waals surface area (Å²) in [5, 5.41) is 3.77. The van der Waals surface area contributed by atoms with Crippen molar-refractivity contribution >= 4 is 38.8 Å². The molecule has 1 saturated carbocycles. The Morgan fingerprint density at radius 2 is 1.77 bits per heavy atom. The Labute approximate surface area is 230 Å². The molecule has 1 aromatic heterocycles. The standard InChI is InChI=1S/C30H31N5O3S/c1-15-13-19(38-18-5-3-2-4-6-18)9-10-20(15)30(34)21-11-12-22(32)26-23(21)24(25(33)28(30)36)27(39-26)29(37)35-17-8-7-16(31)14-17/h2-6,9-13,16-17,25H,7-8,14,31-34H2,1H3,(H,35,37)/t16-,17-,25?,30?/m1/s1. The zero-order valence-corrected chi connectivity index (χ0v) is 22.4. The molecule has 9 N–H and O–H groups in total. The molecule has 1 amide bonds. The van der Waals surface area contributed by atoms with Gasteiger partial charge in [0.05, 0.1) is 15.6 Å². The first-order chi connectivity index (χ1) is 18.7. The highest BCUT2D eigenvalue weighted by molar-refractivity contribution is 7.21. The lowest BCUT2D eigenvalue weighted by Crippen LogP contribution is -2.53. The summed E-state index contributed by atoms with van der Waals surface area (Å²) >= 11 is 1.26. The first-order valence-electron chi connectivity index (χ1n) is 13.0. The first kappa shape index (κ1) is 25.5. The lowest BCUT2D eigenvalue weighted by Gasteiger charge is -2.37. The van der Waals surface area contributed by atoms with E-state index in [1.807, 2.05) is 49.4 Å². The van der Waals surface area contributed by atoms with Crippen LogP contribution in [0.15, 0.2) is 60.7 Å². The summed E-state index contributed by atoms with van der Waals surface area (Å²) in [6, 6.07) is 17.4. The second-order valence-electron chi connectivity index (χ2n) is 10.5. The number of amides is 1. The van der Waals surface area contributed by atoms with Crippen LogP contribution in [0.25, 0.3) is 10.1 Å². The summed E-state index contributed by atoms with van der Waals surface area (Å²) in [6.45, 7) is 1.89. The maximum Gasteiger partial charge on any atom is 0.261 e. The van der Waals surface area contributed by atoms with Crippen LogP contribution in [0.1, 0.15) is 57.2 Å². The SMILES string of the molecule is Cc1cc(Oc2ccccc2)ccc1C1(N)C(=O)C(N)c2c(C(=O)N[C@@H]3CC[C@@H](N)C3)sc3c(N)ccc1c23. The number of ketones is 1. The van der Waals surface area contributed by atoms with Crippen LogP contribution in [0.2, 0.25) is 0 Å². The molecule has 9 heteroatoms. The lowest BCUT2D eigenvalue weighted by molar-refractivity contribution is -0.124. The number of para-hydroxylation sites is 1. The summed E-state index contributed by atoms with van der Waals surface area (Å²) in [6.07, 6.45) is 2.41. The van der Waals surface area contributed by atoms with Crippen LogP contribution in [0.3, 0.4) is 0 Å². The second-order valence-corrected chi connectivity index (χ2v) is 11.6. The van der Waals surface area contributed by atoms with Crippen molar-refractivity contribution in [3.8, 4) is 11.5 Å². The number of nitrogens with one attached hydrogen (secondary N) is 1. The molecule has 8 nitrogen and oxygen atoms in total. The zero-order valence-electron chi connectivity index (χ0n) is 21.6. The number of rotatable bonds is 5. The Morgan fingerprint density at radius 3 is 2.46 bits per heavy atom. The summed E-state index contributed by atoms with van der Waals surface area (Å²) in [7, 11) is 0. The molecule has 2 aliphatic rings. The Balaban J connectivity index is 1.45. The molecule has 0 saturated heterocycles. The van der Waals surface area contributed by atoms with E-state index in [-0.39, 0.29) is 23.8 Å². The van der Waals surface area contributed by atoms with E-state index in [1.165, 1.54) is 11.3 Å². The summed E-state index contributed by atoms with van der Waals surface area (Å²) in [5.74, 6) is 0.692. The number of ether oxygens (including phenoxy) is 1. The van der Waals surface area contributed by atoms with Gasteiger partial charge in [0, 0.05) is 28.7 Å². The van der Waals surface area contributed by atoms with E-state index in [9.17, 15) is 9.59 Å². The van der Waals surface area contributed by atoms with E-state index >= 15 is 0 Å². The Kier molecular flexibility index (Phi) is 6.19. The number of nitrogens with two attached hydrogens (primary N) is 4. The van der Waals surface area contributed by atoms with Gasteiger partial charge in [-0.1, -0.05) is 30.3 Å². The van der Waals surface area contributed by atoms with Crippen molar-refractivity contribution < 1.29 is 14.3 Å². The predicted molar refractivity (Wildman–Crippen MR) is 154 cm³/mol. The van der Waals surface area contributed by atoms with Crippen LogP contribution in [0, 0.1) is 6.92 Å². The topological polar surface area (TPSA) is 159 Å². The fraction of sp³-hybridized carbons (Fsp3) is 0.267. The molecule has 2 unspecified atom stereocenters. The van der Waals surface area contributed by atoms with Crippen molar-refractivity contribution in [2.24, 2.45) is 17.2 Å². The Morgan fingerprint density at radius 1 is 1.03 bits per heavy atom. The average Bonchev–Trinajstić information content (AvgIpc) is 3.52. The highest BCUT2D eigenvalue weighted by Gasteiger charge is 2.49. The third-order valence-corrected chi connectivity index (χ3v) is 9.18. The van der Waals surface area contributed by atoms with Crippen LogP contribution >= 0.6 is 11.3 Å². The first-order valence-corrected chi connectivity index (χ1v) is 13.8. The van der Waals surface area contributed by atoms with E-state index in [2.05, 4.69) is 5.32 Å². The van der Waals surface area contributed by atoms with Gasteiger partial charge < -0.3 is 33.0 Å². The highest BCUT2D eigenvalue weighted by Crippen LogP contribution is 2.50. The minimum absolute atomic E-state index is 0.00915. The molecule has 1 fully saturated rings. The number of benzene rings is 3. The van der Waals surface area contributed by atoms with E-state index in [4.69, 9.17) is 27.7 Å². The molecule has 6 rings (SSSR count). The largest absolute Gasteiger partial charge is 0.457 e. The number of hydrogen-bond donors (Lipinski definition) is 5. The van der Waals surface area contributed by atoms with Crippen molar-refractivity contribution in [2.45, 2.75) is 49.9 Å². The molecule has 200 valence electrons. The lowest BCUT2D eigenvalue weighted by atomic mass is 9.69. The minimum Gasteiger partial charge on any atom is -0.457 e. The van der Waals surface area contributed by atoms with Crippen LogP contribution in [0.5, 0.6) is 11.5 Å². The molecule has 0 spiro atoms. The van der Waals surface area contributed by atoms with E-state index < -0.39 is 11.6 Å². The van der Waals surface area contributed by atoms with Gasteiger partial charge in [-0.2, -0.15) is 0 Å². The predicted octanol–water partition coefficient (Wildman–Crippen LogP) is 3.98. The molecule has 1 heterocycles. The Bertz CT molecular complexity index is 1620. The van der Waals surface area contributed by atoms with E-state index in [0.717, 1.165) is 24.8 Å². The maximum absolute atomic E-state index is 14.1. The number of anilines is 1. The highest BCUT2D eigenvalue weighted by atomic mass is 32.1. The monoisotopic (exact) mass is 541 g/mol. The van der Waals surface area contributed by atoms with E-state index in [0.29, 0.717) is 48.8 Å². The van der Waals surface area contributed by atoms with Crippen LogP contribution in [0.4, 0.5) is 5.69 Å². The average molecular weight is 542 g/mol. The van der Waals surface area contributed by atoms with Gasteiger partial charge in [0.25, 0.3) is 5.91 Å². The van der Waals surface area contributed by atoms with Crippen molar-refractivity contribution in [1.29, 1.82) is 0 Å². The third-order valence-electron chi connectivity index (χ3n) is 7.93. The van der Waals surface area contributed by atoms with Gasteiger partial charge in [-0.3, -0.25) is 9.59 Å². The van der Waals surface area contributed by atoms with Crippen LogP contribution < -0.4 is 33.0 Å². The maximum atomic E-state index is 14.1. The second kappa shape index (κ2) is 9.46. The van der Waals surface area contributed by atoms with Gasteiger partial charge in [-0.25, -0.2) is 0 Å². The van der Waals surface area contributed by atoms with E-state index in [1.54, 1.807) is 18.2 Å². The smallest absolute Gasteiger partial charge is 0.261 e. The van der Waals surface area contributed by atoms with Crippen molar-refractivity contribution in [3.05, 3.63) is 87.8 Å². The van der Waals surface area contributed by atoms with Gasteiger partial charge in [-0.15, -0.1) is 11.3 Å². The molecule has 4 aromatic rings. The quantitative estimate of drug-likeness (QED) is 0.239. The van der Waals surface area contributed by atoms with Gasteiger partial charge >= 0.3 is 0 Å². The van der Waals surface area contributed by atoms with Crippen LogP contribution in [-0.4, -0.2) is 23.8 Å². The van der Waals surface area contributed by atoms with Gasteiger partial charge in [-0.05, 0) is 73.2 Å². The molecule has 2 aliphatic carbocycles. The minimum atomic E-state index is -1.53. The van der Waals surface area contributed by atoms with Crippen LogP contribution in [-0.2, 0) is 10.3 Å². The third kappa shape index (κ3) is 4.09. The molecule has 0 aliphatic heterocycles. The van der Waals surface area contributed by atoms with Crippen molar-refractivity contribution in [1.82, 2.24) is 5.32 Å². The molecular formula is C30H31N5O3S. The molecule has 4 atom stereocenters. The number of nitrogen functional groups attached to an aromatic ring is 1. The molecule has 0 radical (unpaired) electrons. The zero-order chi connectivity index (χ0) is 27.5. The van der Waals surface area contributed by atoms with Crippen molar-refractivity contribution in [3.63, 3.8) is 0 Å². The van der Waals surface area contributed by atoms with Gasteiger partial charge in [0.2, 0.25) is 0 Å². The number of carbonyl (C=O) groups excluding carboxylic acids is 2. The fourth-order valence-corrected chi connectivity index (χ4v) is 7.20. The van der Waals surface area contributed by atoms with Crippen molar-refractivity contribution in [2.75, 3.05) is 5.73 Å². The number of Topliss-reactive ketones (excluding diaryl/α,β-unsaturated/α-hetero) is 1. The van der Waals surface area contributed by atoms with Gasteiger partial charge in [0.1, 0.15) is 17.0 Å². The molecular weight excluding hydrogens is 510 g/mol.